The Hall–Kier alpha value is -1.66. The molecule has 2 aliphatic rings. The van der Waals surface area contributed by atoms with Crippen LogP contribution in [0.2, 0.25) is 0 Å². The molecule has 0 aliphatic carbocycles. The minimum absolute atomic E-state index is 0.0953. The molecule has 2 fully saturated rings. The van der Waals surface area contributed by atoms with Crippen molar-refractivity contribution in [3.05, 3.63) is 23.9 Å². The van der Waals surface area contributed by atoms with E-state index in [1.807, 2.05) is 17.0 Å². The predicted molar refractivity (Wildman–Crippen MR) is 91.7 cm³/mol. The molecule has 0 spiro atoms. The number of nitrogens with zero attached hydrogens (tertiary/aromatic N) is 4. The van der Waals surface area contributed by atoms with Crippen LogP contribution in [0.15, 0.2) is 18.3 Å². The summed E-state index contributed by atoms with van der Waals surface area (Å²) >= 11 is 0. The Kier molecular flexibility index (Phi) is 5.13. The second kappa shape index (κ2) is 7.27. The standard InChI is InChI=1S/C17H27N5O/c1-20-8-10-21(11-9-20)16-12-14(5-6-19-16)17(23)22-7-3-2-4-15(22)13-18/h5-6,12,15H,2-4,7-11,13,18H2,1H3. The number of piperidine rings is 1. The van der Waals surface area contributed by atoms with Gasteiger partial charge in [-0.05, 0) is 38.4 Å². The smallest absolute Gasteiger partial charge is 0.254 e. The number of likely N-dealkylation sites (tertiary alicyclic amines) is 1. The highest BCUT2D eigenvalue weighted by molar-refractivity contribution is 5.95. The SMILES string of the molecule is CN1CCN(c2cc(C(=O)N3CCCCC3CN)ccn2)CC1. The van der Waals surface area contributed by atoms with Gasteiger partial charge in [-0.15, -0.1) is 0 Å². The number of anilines is 1. The van der Waals surface area contributed by atoms with Gasteiger partial charge in [-0.3, -0.25) is 4.79 Å². The Bertz CT molecular complexity index is 542. The molecule has 1 aromatic heterocycles. The summed E-state index contributed by atoms with van der Waals surface area (Å²) in [5, 5.41) is 0. The van der Waals surface area contributed by atoms with Gasteiger partial charge in [-0.25, -0.2) is 4.98 Å². The van der Waals surface area contributed by atoms with Gasteiger partial charge in [0, 0.05) is 57.1 Å². The first-order valence-corrected chi connectivity index (χ1v) is 8.59. The van der Waals surface area contributed by atoms with Crippen LogP contribution in [0.5, 0.6) is 0 Å². The van der Waals surface area contributed by atoms with E-state index in [-0.39, 0.29) is 11.9 Å². The Morgan fingerprint density at radius 3 is 2.78 bits per heavy atom. The van der Waals surface area contributed by atoms with Crippen LogP contribution < -0.4 is 10.6 Å². The highest BCUT2D eigenvalue weighted by Crippen LogP contribution is 2.21. The number of carbonyl (C=O) groups is 1. The van der Waals surface area contributed by atoms with Crippen LogP contribution in [-0.2, 0) is 0 Å². The third kappa shape index (κ3) is 3.64. The van der Waals surface area contributed by atoms with Gasteiger partial charge in [-0.1, -0.05) is 0 Å². The fraction of sp³-hybridized carbons (Fsp3) is 0.647. The minimum Gasteiger partial charge on any atom is -0.354 e. The molecule has 0 bridgehead atoms. The molecule has 3 heterocycles. The zero-order valence-electron chi connectivity index (χ0n) is 13.9. The lowest BCUT2D eigenvalue weighted by atomic mass is 10.0. The van der Waals surface area contributed by atoms with Crippen molar-refractivity contribution < 1.29 is 4.79 Å². The summed E-state index contributed by atoms with van der Waals surface area (Å²) in [6.07, 6.45) is 4.99. The summed E-state index contributed by atoms with van der Waals surface area (Å²) in [5.74, 6) is 1.00. The predicted octanol–water partition coefficient (Wildman–Crippen LogP) is 0.787. The molecule has 3 rings (SSSR count). The molecule has 0 radical (unpaired) electrons. The molecule has 1 amide bonds. The van der Waals surface area contributed by atoms with Gasteiger partial charge in [0.05, 0.1) is 0 Å². The zero-order valence-corrected chi connectivity index (χ0v) is 13.9. The molecule has 0 saturated carbocycles. The van der Waals surface area contributed by atoms with Crippen molar-refractivity contribution >= 4 is 11.7 Å². The van der Waals surface area contributed by atoms with E-state index < -0.39 is 0 Å². The van der Waals surface area contributed by atoms with Gasteiger partial charge < -0.3 is 20.4 Å². The van der Waals surface area contributed by atoms with Crippen molar-refractivity contribution in [2.45, 2.75) is 25.3 Å². The molecule has 2 aliphatic heterocycles. The quantitative estimate of drug-likeness (QED) is 0.893. The number of nitrogens with two attached hydrogens (primary N) is 1. The summed E-state index contributed by atoms with van der Waals surface area (Å²) < 4.78 is 0. The second-order valence-electron chi connectivity index (χ2n) is 6.58. The molecule has 1 unspecified atom stereocenters. The summed E-state index contributed by atoms with van der Waals surface area (Å²) in [6, 6.07) is 3.94. The van der Waals surface area contributed by atoms with Crippen LogP contribution in [0.25, 0.3) is 0 Å². The molecular weight excluding hydrogens is 290 g/mol. The van der Waals surface area contributed by atoms with E-state index in [0.29, 0.717) is 6.54 Å². The van der Waals surface area contributed by atoms with Crippen LogP contribution in [-0.4, -0.2) is 73.0 Å². The molecule has 6 heteroatoms. The Labute approximate surface area is 138 Å². The lowest BCUT2D eigenvalue weighted by Gasteiger charge is -2.36. The summed E-state index contributed by atoms with van der Waals surface area (Å²) in [4.78, 5) is 23.9. The number of hydrogen-bond donors (Lipinski definition) is 1. The Morgan fingerprint density at radius 1 is 1.26 bits per heavy atom. The summed E-state index contributed by atoms with van der Waals surface area (Å²) in [6.45, 7) is 5.32. The molecule has 1 atom stereocenters. The van der Waals surface area contributed by atoms with E-state index in [1.54, 1.807) is 6.20 Å². The van der Waals surface area contributed by atoms with Crippen LogP contribution >= 0.6 is 0 Å². The number of piperazine rings is 1. The van der Waals surface area contributed by atoms with Gasteiger partial charge in [-0.2, -0.15) is 0 Å². The molecule has 6 nitrogen and oxygen atoms in total. The van der Waals surface area contributed by atoms with E-state index in [9.17, 15) is 4.79 Å². The summed E-state index contributed by atoms with van der Waals surface area (Å²) in [5.41, 5.74) is 6.58. The van der Waals surface area contributed by atoms with Crippen molar-refractivity contribution in [1.82, 2.24) is 14.8 Å². The van der Waals surface area contributed by atoms with Gasteiger partial charge in [0.25, 0.3) is 5.91 Å². The number of likely N-dealkylation sites (N-methyl/N-ethyl adjacent to an activating group) is 1. The topological polar surface area (TPSA) is 65.7 Å². The highest BCUT2D eigenvalue weighted by Gasteiger charge is 2.27. The number of hydrogen-bond acceptors (Lipinski definition) is 5. The third-order valence-electron chi connectivity index (χ3n) is 4.98. The number of aromatic nitrogens is 1. The molecule has 2 N–H and O–H groups in total. The van der Waals surface area contributed by atoms with E-state index in [2.05, 4.69) is 21.8 Å². The average molecular weight is 317 g/mol. The molecule has 0 aromatic carbocycles. The maximum absolute atomic E-state index is 12.9. The fourth-order valence-electron chi connectivity index (χ4n) is 3.44. The Morgan fingerprint density at radius 2 is 2.04 bits per heavy atom. The number of carbonyl (C=O) groups excluding carboxylic acids is 1. The lowest BCUT2D eigenvalue weighted by molar-refractivity contribution is 0.0623. The van der Waals surface area contributed by atoms with Crippen LogP contribution in [0.1, 0.15) is 29.6 Å². The van der Waals surface area contributed by atoms with Crippen molar-refractivity contribution in [2.24, 2.45) is 5.73 Å². The van der Waals surface area contributed by atoms with Gasteiger partial charge in [0.1, 0.15) is 5.82 Å². The van der Waals surface area contributed by atoms with Crippen molar-refractivity contribution in [3.63, 3.8) is 0 Å². The van der Waals surface area contributed by atoms with E-state index in [1.165, 1.54) is 0 Å². The minimum atomic E-state index is 0.0953. The summed E-state index contributed by atoms with van der Waals surface area (Å²) in [7, 11) is 2.13. The van der Waals surface area contributed by atoms with Gasteiger partial charge in [0.15, 0.2) is 0 Å². The van der Waals surface area contributed by atoms with Crippen LogP contribution in [0.4, 0.5) is 5.82 Å². The second-order valence-corrected chi connectivity index (χ2v) is 6.58. The largest absolute Gasteiger partial charge is 0.354 e. The van der Waals surface area contributed by atoms with Gasteiger partial charge >= 0.3 is 0 Å². The van der Waals surface area contributed by atoms with Gasteiger partial charge in [0.2, 0.25) is 0 Å². The first-order chi connectivity index (χ1) is 11.2. The number of rotatable bonds is 3. The van der Waals surface area contributed by atoms with Crippen molar-refractivity contribution in [3.8, 4) is 0 Å². The lowest BCUT2D eigenvalue weighted by Crippen LogP contribution is -2.47. The maximum atomic E-state index is 12.9. The van der Waals surface area contributed by atoms with E-state index in [0.717, 1.165) is 63.4 Å². The Balaban J connectivity index is 1.75. The molecular formula is C17H27N5O. The molecule has 126 valence electrons. The average Bonchev–Trinajstić information content (AvgIpc) is 2.62. The maximum Gasteiger partial charge on any atom is 0.254 e. The first kappa shape index (κ1) is 16.2. The third-order valence-corrected chi connectivity index (χ3v) is 4.98. The highest BCUT2D eigenvalue weighted by atomic mass is 16.2. The monoisotopic (exact) mass is 317 g/mol. The number of amides is 1. The normalized spacial score (nSPS) is 23.1. The zero-order chi connectivity index (χ0) is 16.2. The van der Waals surface area contributed by atoms with Crippen molar-refractivity contribution in [1.29, 1.82) is 0 Å². The van der Waals surface area contributed by atoms with Crippen LogP contribution in [0.3, 0.4) is 0 Å². The van der Waals surface area contributed by atoms with Crippen molar-refractivity contribution in [2.75, 3.05) is 51.2 Å². The first-order valence-electron chi connectivity index (χ1n) is 8.59. The molecule has 23 heavy (non-hydrogen) atoms. The van der Waals surface area contributed by atoms with E-state index >= 15 is 0 Å². The molecule has 1 aromatic rings. The van der Waals surface area contributed by atoms with E-state index in [4.69, 9.17) is 5.73 Å². The van der Waals surface area contributed by atoms with Crippen LogP contribution in [0, 0.1) is 0 Å². The fourth-order valence-corrected chi connectivity index (χ4v) is 3.44. The molecule has 2 saturated heterocycles. The number of pyridine rings is 1.